The molecule has 0 unspecified atom stereocenters. The van der Waals surface area contributed by atoms with Gasteiger partial charge in [0.2, 0.25) is 0 Å². The lowest BCUT2D eigenvalue weighted by atomic mass is 10.2. The van der Waals surface area contributed by atoms with E-state index in [0.29, 0.717) is 6.61 Å². The number of rotatable bonds is 8. The third-order valence-corrected chi connectivity index (χ3v) is 4.07. The van der Waals surface area contributed by atoms with Gasteiger partial charge in [0, 0.05) is 19.3 Å². The molecule has 0 amide bonds. The number of aromatic nitrogens is 3. The molecule has 2 aromatic rings. The van der Waals surface area contributed by atoms with E-state index in [-0.39, 0.29) is 0 Å². The Kier molecular flexibility index (Phi) is 6.66. The van der Waals surface area contributed by atoms with Crippen molar-refractivity contribution in [2.24, 2.45) is 0 Å². The first-order chi connectivity index (χ1) is 10.2. The van der Waals surface area contributed by atoms with E-state index in [1.165, 1.54) is 5.56 Å². The van der Waals surface area contributed by atoms with E-state index in [1.54, 1.807) is 6.20 Å². The van der Waals surface area contributed by atoms with Crippen LogP contribution in [0, 0.1) is 0 Å². The maximum Gasteiger partial charge on any atom is 0.147 e. The second kappa shape index (κ2) is 8.51. The van der Waals surface area contributed by atoms with Gasteiger partial charge in [0.15, 0.2) is 0 Å². The van der Waals surface area contributed by atoms with Crippen LogP contribution >= 0.6 is 31.9 Å². The Hall–Kier alpha value is -0.920. The third-order valence-electron chi connectivity index (χ3n) is 2.89. The van der Waals surface area contributed by atoms with E-state index in [0.717, 1.165) is 40.8 Å². The van der Waals surface area contributed by atoms with Crippen molar-refractivity contribution in [2.45, 2.75) is 26.4 Å². The summed E-state index contributed by atoms with van der Waals surface area (Å²) in [6.45, 7) is 5.26. The van der Waals surface area contributed by atoms with Gasteiger partial charge in [0.1, 0.15) is 5.75 Å². The molecule has 0 bridgehead atoms. The molecule has 0 aliphatic heterocycles. The SMILES string of the molecule is CCOc1c(Br)cc(CNCCCn2ccnn2)cc1Br. The average molecular weight is 418 g/mol. The molecule has 5 nitrogen and oxygen atoms in total. The molecule has 7 heteroatoms. The fourth-order valence-electron chi connectivity index (χ4n) is 1.95. The number of ether oxygens (including phenoxy) is 1. The summed E-state index contributed by atoms with van der Waals surface area (Å²) < 4.78 is 9.36. The van der Waals surface area contributed by atoms with Crippen molar-refractivity contribution in [3.8, 4) is 5.75 Å². The first-order valence-corrected chi connectivity index (χ1v) is 8.45. The third kappa shape index (κ3) is 5.09. The minimum Gasteiger partial charge on any atom is -0.492 e. The van der Waals surface area contributed by atoms with E-state index in [9.17, 15) is 0 Å². The Morgan fingerprint density at radius 1 is 1.29 bits per heavy atom. The Morgan fingerprint density at radius 2 is 2.05 bits per heavy atom. The molecule has 2 rings (SSSR count). The van der Waals surface area contributed by atoms with Gasteiger partial charge in [-0.15, -0.1) is 5.10 Å². The molecule has 0 saturated carbocycles. The molecule has 0 saturated heterocycles. The summed E-state index contributed by atoms with van der Waals surface area (Å²) in [5.74, 6) is 0.854. The van der Waals surface area contributed by atoms with Crippen molar-refractivity contribution < 1.29 is 4.74 Å². The zero-order valence-electron chi connectivity index (χ0n) is 11.9. The van der Waals surface area contributed by atoms with E-state index in [4.69, 9.17) is 4.74 Å². The van der Waals surface area contributed by atoms with Gasteiger partial charge in [-0.2, -0.15) is 0 Å². The standard InChI is InChI=1S/C14H18Br2N4O/c1-2-21-14-12(15)8-11(9-13(14)16)10-17-4-3-6-20-7-5-18-19-20/h5,7-9,17H,2-4,6,10H2,1H3. The molecule has 0 atom stereocenters. The molecule has 1 N–H and O–H groups in total. The van der Waals surface area contributed by atoms with Gasteiger partial charge in [-0.3, -0.25) is 4.68 Å². The van der Waals surface area contributed by atoms with Crippen molar-refractivity contribution >= 4 is 31.9 Å². The van der Waals surface area contributed by atoms with Gasteiger partial charge in [-0.05, 0) is 69.4 Å². The Labute approximate surface area is 141 Å². The zero-order chi connectivity index (χ0) is 15.1. The average Bonchev–Trinajstić information content (AvgIpc) is 2.96. The van der Waals surface area contributed by atoms with Gasteiger partial charge in [0.05, 0.1) is 21.7 Å². The van der Waals surface area contributed by atoms with Crippen LogP contribution < -0.4 is 10.1 Å². The normalized spacial score (nSPS) is 10.8. The molecule has 0 aliphatic carbocycles. The highest BCUT2D eigenvalue weighted by atomic mass is 79.9. The quantitative estimate of drug-likeness (QED) is 0.669. The molecular formula is C14H18Br2N4O. The summed E-state index contributed by atoms with van der Waals surface area (Å²) in [5, 5.41) is 11.1. The number of nitrogens with zero attached hydrogens (tertiary/aromatic N) is 3. The lowest BCUT2D eigenvalue weighted by Gasteiger charge is -2.11. The lowest BCUT2D eigenvalue weighted by Crippen LogP contribution is -2.16. The monoisotopic (exact) mass is 416 g/mol. The first kappa shape index (κ1) is 16.5. The predicted molar refractivity (Wildman–Crippen MR) is 89.4 cm³/mol. The minimum absolute atomic E-state index is 0.650. The first-order valence-electron chi connectivity index (χ1n) is 6.86. The van der Waals surface area contributed by atoms with Gasteiger partial charge >= 0.3 is 0 Å². The van der Waals surface area contributed by atoms with Gasteiger partial charge in [-0.1, -0.05) is 5.21 Å². The molecule has 0 radical (unpaired) electrons. The minimum atomic E-state index is 0.650. The fourth-order valence-corrected chi connectivity index (χ4v) is 3.46. The van der Waals surface area contributed by atoms with Gasteiger partial charge < -0.3 is 10.1 Å². The number of aryl methyl sites for hydroxylation is 1. The fraction of sp³-hybridized carbons (Fsp3) is 0.429. The van der Waals surface area contributed by atoms with Crippen molar-refractivity contribution in [1.82, 2.24) is 20.3 Å². The molecule has 114 valence electrons. The second-order valence-electron chi connectivity index (χ2n) is 4.52. The highest BCUT2D eigenvalue weighted by Gasteiger charge is 2.08. The summed E-state index contributed by atoms with van der Waals surface area (Å²) in [7, 11) is 0. The Morgan fingerprint density at radius 3 is 2.67 bits per heavy atom. The topological polar surface area (TPSA) is 52.0 Å². The smallest absolute Gasteiger partial charge is 0.147 e. The number of hydrogen-bond acceptors (Lipinski definition) is 4. The van der Waals surface area contributed by atoms with Crippen molar-refractivity contribution in [2.75, 3.05) is 13.2 Å². The zero-order valence-corrected chi connectivity index (χ0v) is 15.0. The van der Waals surface area contributed by atoms with E-state index in [1.807, 2.05) is 17.8 Å². The van der Waals surface area contributed by atoms with E-state index >= 15 is 0 Å². The predicted octanol–water partition coefficient (Wildman–Crippen LogP) is 3.38. The van der Waals surface area contributed by atoms with Crippen LogP contribution in [0.5, 0.6) is 5.75 Å². The summed E-state index contributed by atoms with van der Waals surface area (Å²) in [5.41, 5.74) is 1.21. The number of nitrogens with one attached hydrogen (secondary N) is 1. The van der Waals surface area contributed by atoms with Crippen LogP contribution in [0.2, 0.25) is 0 Å². The second-order valence-corrected chi connectivity index (χ2v) is 6.23. The summed E-state index contributed by atoms with van der Waals surface area (Å²) in [6.07, 6.45) is 4.59. The molecule has 1 aromatic carbocycles. The number of benzene rings is 1. The highest BCUT2D eigenvalue weighted by Crippen LogP contribution is 2.34. The maximum absolute atomic E-state index is 5.58. The molecule has 0 aliphatic rings. The summed E-state index contributed by atoms with van der Waals surface area (Å²) in [4.78, 5) is 0. The van der Waals surface area contributed by atoms with Crippen molar-refractivity contribution in [3.63, 3.8) is 0 Å². The van der Waals surface area contributed by atoms with E-state index in [2.05, 4.69) is 59.6 Å². The van der Waals surface area contributed by atoms with Gasteiger partial charge in [-0.25, -0.2) is 0 Å². The molecular weight excluding hydrogens is 400 g/mol. The van der Waals surface area contributed by atoms with Crippen LogP contribution in [0.1, 0.15) is 18.9 Å². The summed E-state index contributed by atoms with van der Waals surface area (Å²) >= 11 is 7.09. The van der Waals surface area contributed by atoms with E-state index < -0.39 is 0 Å². The van der Waals surface area contributed by atoms with Crippen LogP contribution in [-0.4, -0.2) is 28.1 Å². The lowest BCUT2D eigenvalue weighted by molar-refractivity contribution is 0.336. The number of hydrogen-bond donors (Lipinski definition) is 1. The Balaban J connectivity index is 1.78. The maximum atomic E-state index is 5.58. The van der Waals surface area contributed by atoms with Gasteiger partial charge in [0.25, 0.3) is 0 Å². The molecule has 0 fully saturated rings. The Bertz CT molecular complexity index is 537. The molecule has 21 heavy (non-hydrogen) atoms. The highest BCUT2D eigenvalue weighted by molar-refractivity contribution is 9.11. The summed E-state index contributed by atoms with van der Waals surface area (Å²) in [6, 6.07) is 4.17. The van der Waals surface area contributed by atoms with Crippen molar-refractivity contribution in [3.05, 3.63) is 39.0 Å². The molecule has 1 heterocycles. The van der Waals surface area contributed by atoms with Crippen LogP contribution in [0.4, 0.5) is 0 Å². The molecule has 1 aromatic heterocycles. The number of halogens is 2. The van der Waals surface area contributed by atoms with Crippen LogP contribution in [0.15, 0.2) is 33.5 Å². The largest absolute Gasteiger partial charge is 0.492 e. The van der Waals surface area contributed by atoms with Crippen LogP contribution in [0.25, 0.3) is 0 Å². The molecule has 0 spiro atoms. The van der Waals surface area contributed by atoms with Crippen molar-refractivity contribution in [1.29, 1.82) is 0 Å². The van der Waals surface area contributed by atoms with Crippen LogP contribution in [-0.2, 0) is 13.1 Å². The van der Waals surface area contributed by atoms with Crippen LogP contribution in [0.3, 0.4) is 0 Å².